The zero-order valence-corrected chi connectivity index (χ0v) is 12.1. The zero-order chi connectivity index (χ0) is 14.4. The van der Waals surface area contributed by atoms with Crippen molar-refractivity contribution < 1.29 is 19.1 Å². The number of hydrogen-bond donors (Lipinski definition) is 1. The van der Waals surface area contributed by atoms with Gasteiger partial charge < -0.3 is 15.4 Å². The average Bonchev–Trinajstić information content (AvgIpc) is 2.75. The molecule has 1 fully saturated rings. The third kappa shape index (κ3) is 4.74. The molecule has 2 N–H and O–H groups in total. The normalized spacial score (nSPS) is 22.3. The van der Waals surface area contributed by atoms with Gasteiger partial charge in [0.05, 0.1) is 18.8 Å². The lowest BCUT2D eigenvalue weighted by molar-refractivity contribution is -0.146. The van der Waals surface area contributed by atoms with E-state index in [0.717, 1.165) is 0 Å². The van der Waals surface area contributed by atoms with Crippen LogP contribution in [0.4, 0.5) is 0 Å². The van der Waals surface area contributed by atoms with Gasteiger partial charge in [0.15, 0.2) is 0 Å². The van der Waals surface area contributed by atoms with Crippen molar-refractivity contribution in [2.24, 2.45) is 17.6 Å². The highest BCUT2D eigenvalue weighted by Crippen LogP contribution is 2.24. The van der Waals surface area contributed by atoms with E-state index in [1.54, 1.807) is 4.90 Å². The Bertz CT molecular complexity index is 362. The Morgan fingerprint density at radius 3 is 2.63 bits per heavy atom. The molecule has 6 nitrogen and oxygen atoms in total. The number of likely N-dealkylation sites (tertiary alicyclic amines) is 1. The molecule has 1 saturated heterocycles. The van der Waals surface area contributed by atoms with Crippen LogP contribution >= 0.6 is 11.8 Å². The van der Waals surface area contributed by atoms with Crippen LogP contribution in [0.25, 0.3) is 0 Å². The molecule has 0 spiro atoms. The van der Waals surface area contributed by atoms with Crippen LogP contribution in [0.3, 0.4) is 0 Å². The van der Waals surface area contributed by atoms with E-state index >= 15 is 0 Å². The third-order valence-electron chi connectivity index (χ3n) is 3.17. The van der Waals surface area contributed by atoms with Crippen LogP contribution < -0.4 is 5.73 Å². The number of nitrogens with two attached hydrogens (primary N) is 1. The number of thioether (sulfide) groups is 1. The van der Waals surface area contributed by atoms with E-state index in [4.69, 9.17) is 10.5 Å². The summed E-state index contributed by atoms with van der Waals surface area (Å²) in [6, 6.07) is 0. The number of methoxy groups -OCH3 is 1. The van der Waals surface area contributed by atoms with E-state index in [0.29, 0.717) is 25.3 Å². The second-order valence-electron chi connectivity index (χ2n) is 4.67. The lowest BCUT2D eigenvalue weighted by atomic mass is 9.99. The first-order chi connectivity index (χ1) is 8.95. The van der Waals surface area contributed by atoms with Gasteiger partial charge in [-0.3, -0.25) is 14.4 Å². The molecule has 1 heterocycles. The molecule has 19 heavy (non-hydrogen) atoms. The number of amides is 2. The molecule has 1 aliphatic heterocycles. The van der Waals surface area contributed by atoms with Crippen molar-refractivity contribution in [2.75, 3.05) is 31.7 Å². The molecular weight excluding hydrogens is 268 g/mol. The minimum absolute atomic E-state index is 0.00947. The molecule has 0 aliphatic carbocycles. The van der Waals surface area contributed by atoms with Crippen molar-refractivity contribution in [3.8, 4) is 0 Å². The van der Waals surface area contributed by atoms with Crippen molar-refractivity contribution in [2.45, 2.75) is 13.3 Å². The first-order valence-corrected chi connectivity index (χ1v) is 7.32. The Morgan fingerprint density at radius 1 is 1.37 bits per heavy atom. The Labute approximate surface area is 117 Å². The molecule has 0 saturated carbocycles. The average molecular weight is 288 g/mol. The molecule has 0 bridgehead atoms. The Kier molecular flexibility index (Phi) is 6.14. The van der Waals surface area contributed by atoms with Crippen LogP contribution in [0.15, 0.2) is 0 Å². The van der Waals surface area contributed by atoms with Crippen molar-refractivity contribution in [1.82, 2.24) is 4.90 Å². The zero-order valence-electron chi connectivity index (χ0n) is 11.3. The molecule has 1 rings (SSSR count). The monoisotopic (exact) mass is 288 g/mol. The molecule has 7 heteroatoms. The third-order valence-corrected chi connectivity index (χ3v) is 4.16. The van der Waals surface area contributed by atoms with Crippen LogP contribution in [-0.2, 0) is 19.1 Å². The van der Waals surface area contributed by atoms with E-state index < -0.39 is 0 Å². The second kappa shape index (κ2) is 7.37. The summed E-state index contributed by atoms with van der Waals surface area (Å²) in [7, 11) is 1.36. The first kappa shape index (κ1) is 15.8. The van der Waals surface area contributed by atoms with Gasteiger partial charge in [0.1, 0.15) is 0 Å². The molecule has 2 atom stereocenters. The Morgan fingerprint density at radius 2 is 2.05 bits per heavy atom. The van der Waals surface area contributed by atoms with Gasteiger partial charge in [-0.25, -0.2) is 0 Å². The van der Waals surface area contributed by atoms with E-state index in [2.05, 4.69) is 0 Å². The van der Waals surface area contributed by atoms with Crippen molar-refractivity contribution in [3.05, 3.63) is 0 Å². The summed E-state index contributed by atoms with van der Waals surface area (Å²) >= 11 is 1.35. The summed E-state index contributed by atoms with van der Waals surface area (Å²) < 4.78 is 4.73. The summed E-state index contributed by atoms with van der Waals surface area (Å²) in [5.74, 6) is 0.0605. The van der Waals surface area contributed by atoms with Gasteiger partial charge in [0.25, 0.3) is 0 Å². The summed E-state index contributed by atoms with van der Waals surface area (Å²) in [4.78, 5) is 35.7. The standard InChI is InChI=1S/C12H20N2O4S/c1-8-5-14(6-9(8)12(17)18-2)11(16)3-4-19-7-10(13)15/h8-9H,3-7H2,1-2H3,(H2,13,15). The van der Waals surface area contributed by atoms with Gasteiger partial charge in [-0.05, 0) is 5.92 Å². The quantitative estimate of drug-likeness (QED) is 0.543. The number of rotatable bonds is 6. The molecule has 108 valence electrons. The maximum absolute atomic E-state index is 11.9. The highest BCUT2D eigenvalue weighted by Gasteiger charge is 2.37. The number of nitrogens with zero attached hydrogens (tertiary/aromatic N) is 1. The van der Waals surface area contributed by atoms with Gasteiger partial charge in [-0.2, -0.15) is 11.8 Å². The molecule has 0 radical (unpaired) electrons. The fourth-order valence-corrected chi connectivity index (χ4v) is 2.78. The van der Waals surface area contributed by atoms with Crippen LogP contribution in [0.1, 0.15) is 13.3 Å². The highest BCUT2D eigenvalue weighted by atomic mass is 32.2. The summed E-state index contributed by atoms with van der Waals surface area (Å²) in [5, 5.41) is 0. The minimum Gasteiger partial charge on any atom is -0.469 e. The maximum atomic E-state index is 11.9. The molecule has 0 aromatic heterocycles. The highest BCUT2D eigenvalue weighted by molar-refractivity contribution is 7.99. The number of hydrogen-bond acceptors (Lipinski definition) is 5. The van der Waals surface area contributed by atoms with Crippen molar-refractivity contribution in [1.29, 1.82) is 0 Å². The predicted octanol–water partition coefficient (Wildman–Crippen LogP) is -0.137. The van der Waals surface area contributed by atoms with Crippen LogP contribution in [0.2, 0.25) is 0 Å². The Hall–Kier alpha value is -1.24. The van der Waals surface area contributed by atoms with Gasteiger partial charge >= 0.3 is 5.97 Å². The van der Waals surface area contributed by atoms with Crippen LogP contribution in [0, 0.1) is 11.8 Å². The number of esters is 1. The van der Waals surface area contributed by atoms with E-state index in [9.17, 15) is 14.4 Å². The predicted molar refractivity (Wildman–Crippen MR) is 72.4 cm³/mol. The fraction of sp³-hybridized carbons (Fsp3) is 0.750. The SMILES string of the molecule is COC(=O)C1CN(C(=O)CCSCC(N)=O)CC1C. The largest absolute Gasteiger partial charge is 0.469 e. The maximum Gasteiger partial charge on any atom is 0.310 e. The van der Waals surface area contributed by atoms with E-state index in [1.165, 1.54) is 18.9 Å². The Balaban J connectivity index is 2.34. The summed E-state index contributed by atoms with van der Waals surface area (Å²) in [5.41, 5.74) is 5.01. The fourth-order valence-electron chi connectivity index (χ4n) is 2.12. The lowest BCUT2D eigenvalue weighted by Gasteiger charge is -2.15. The minimum atomic E-state index is -0.377. The molecule has 0 aromatic rings. The number of carbonyl (C=O) groups is 3. The second-order valence-corrected chi connectivity index (χ2v) is 5.78. The summed E-state index contributed by atoms with van der Waals surface area (Å²) in [6.07, 6.45) is 0.360. The molecular formula is C12H20N2O4S. The van der Waals surface area contributed by atoms with Crippen molar-refractivity contribution >= 4 is 29.5 Å². The molecule has 1 aliphatic rings. The van der Waals surface area contributed by atoms with Gasteiger partial charge in [-0.1, -0.05) is 6.92 Å². The molecule has 2 amide bonds. The summed E-state index contributed by atoms with van der Waals surface area (Å²) in [6.45, 7) is 2.95. The van der Waals surface area contributed by atoms with Crippen LogP contribution in [0.5, 0.6) is 0 Å². The number of ether oxygens (including phenoxy) is 1. The molecule has 0 aromatic carbocycles. The van der Waals surface area contributed by atoms with Gasteiger partial charge in [0, 0.05) is 25.3 Å². The topological polar surface area (TPSA) is 89.7 Å². The van der Waals surface area contributed by atoms with E-state index in [1.807, 2.05) is 6.92 Å². The first-order valence-electron chi connectivity index (χ1n) is 6.17. The van der Waals surface area contributed by atoms with Crippen LogP contribution in [-0.4, -0.2) is 54.4 Å². The smallest absolute Gasteiger partial charge is 0.310 e. The molecule has 2 unspecified atom stereocenters. The number of primary amides is 1. The van der Waals surface area contributed by atoms with Gasteiger partial charge in [0.2, 0.25) is 11.8 Å². The number of carbonyl (C=O) groups excluding carboxylic acids is 3. The van der Waals surface area contributed by atoms with Crippen molar-refractivity contribution in [3.63, 3.8) is 0 Å². The van der Waals surface area contributed by atoms with E-state index in [-0.39, 0.29) is 35.4 Å². The lowest BCUT2D eigenvalue weighted by Crippen LogP contribution is -2.30. The van der Waals surface area contributed by atoms with Gasteiger partial charge in [-0.15, -0.1) is 0 Å².